The summed E-state index contributed by atoms with van der Waals surface area (Å²) < 4.78 is 0. The average molecular weight is 309 g/mol. The van der Waals surface area contributed by atoms with Crippen LogP contribution in [0.1, 0.15) is 5.56 Å². The number of hydrogen-bond donors (Lipinski definition) is 3. The highest BCUT2D eigenvalue weighted by molar-refractivity contribution is 6.42. The molecule has 0 aliphatic rings. The molecule has 8 heteroatoms. The number of H-pyrrole nitrogens is 1. The summed E-state index contributed by atoms with van der Waals surface area (Å²) in [6.07, 6.45) is 1.59. The molecule has 0 radical (unpaired) electrons. The molecule has 0 fully saturated rings. The third kappa shape index (κ3) is 2.48. The van der Waals surface area contributed by atoms with Crippen LogP contribution in [0, 0.1) is 0 Å². The van der Waals surface area contributed by atoms with Crippen molar-refractivity contribution in [2.24, 2.45) is 0 Å². The lowest BCUT2D eigenvalue weighted by Gasteiger charge is -2.06. The molecule has 3 rings (SSSR count). The van der Waals surface area contributed by atoms with E-state index in [-0.39, 0.29) is 0 Å². The molecule has 4 N–H and O–H groups in total. The number of aromatic nitrogens is 4. The first kappa shape index (κ1) is 13.0. The van der Waals surface area contributed by atoms with Crippen LogP contribution in [0.25, 0.3) is 11.0 Å². The Bertz CT molecular complexity index is 770. The number of benzene rings is 1. The SMILES string of the molecule is Nc1nc(NCc2ccc(Cl)c(Cl)c2)nc2[nH]ncc12. The van der Waals surface area contributed by atoms with Gasteiger partial charge in [0.05, 0.1) is 21.6 Å². The first-order chi connectivity index (χ1) is 9.63. The van der Waals surface area contributed by atoms with Gasteiger partial charge in [0.2, 0.25) is 5.95 Å². The third-order valence-electron chi connectivity index (χ3n) is 2.77. The monoisotopic (exact) mass is 308 g/mol. The van der Waals surface area contributed by atoms with E-state index in [0.717, 1.165) is 5.56 Å². The van der Waals surface area contributed by atoms with Crippen LogP contribution in [-0.4, -0.2) is 20.2 Å². The zero-order valence-electron chi connectivity index (χ0n) is 10.2. The van der Waals surface area contributed by atoms with E-state index in [1.807, 2.05) is 6.07 Å². The van der Waals surface area contributed by atoms with Crippen molar-refractivity contribution in [1.29, 1.82) is 0 Å². The van der Waals surface area contributed by atoms with E-state index < -0.39 is 0 Å². The lowest BCUT2D eigenvalue weighted by molar-refractivity contribution is 1.05. The molecule has 0 spiro atoms. The molecule has 0 aliphatic carbocycles. The molecule has 2 aromatic heterocycles. The maximum Gasteiger partial charge on any atom is 0.226 e. The Labute approximate surface area is 124 Å². The van der Waals surface area contributed by atoms with Crippen molar-refractivity contribution in [3.63, 3.8) is 0 Å². The molecule has 0 bridgehead atoms. The van der Waals surface area contributed by atoms with E-state index in [1.54, 1.807) is 18.3 Å². The molecule has 0 unspecified atom stereocenters. The zero-order valence-corrected chi connectivity index (χ0v) is 11.7. The van der Waals surface area contributed by atoms with Crippen LogP contribution in [0.2, 0.25) is 10.0 Å². The summed E-state index contributed by atoms with van der Waals surface area (Å²) in [4.78, 5) is 8.44. The quantitative estimate of drug-likeness (QED) is 0.692. The van der Waals surface area contributed by atoms with Crippen LogP contribution >= 0.6 is 23.2 Å². The van der Waals surface area contributed by atoms with Gasteiger partial charge in [0, 0.05) is 6.54 Å². The molecule has 0 amide bonds. The molecule has 0 saturated heterocycles. The first-order valence-electron chi connectivity index (χ1n) is 5.78. The largest absolute Gasteiger partial charge is 0.383 e. The van der Waals surface area contributed by atoms with Gasteiger partial charge in [0.25, 0.3) is 0 Å². The fourth-order valence-corrected chi connectivity index (χ4v) is 2.09. The molecule has 1 aromatic carbocycles. The summed E-state index contributed by atoms with van der Waals surface area (Å²) in [5.41, 5.74) is 7.38. The minimum atomic E-state index is 0.375. The van der Waals surface area contributed by atoms with Gasteiger partial charge >= 0.3 is 0 Å². The highest BCUT2D eigenvalue weighted by Gasteiger charge is 2.07. The van der Waals surface area contributed by atoms with Crippen molar-refractivity contribution in [3.8, 4) is 0 Å². The second-order valence-electron chi connectivity index (χ2n) is 4.17. The second kappa shape index (κ2) is 5.15. The molecular formula is C12H10Cl2N6. The van der Waals surface area contributed by atoms with Crippen molar-refractivity contribution in [3.05, 3.63) is 40.0 Å². The minimum absolute atomic E-state index is 0.375. The summed E-state index contributed by atoms with van der Waals surface area (Å²) in [6.45, 7) is 0.510. The van der Waals surface area contributed by atoms with Gasteiger partial charge in [-0.3, -0.25) is 5.10 Å². The summed E-state index contributed by atoms with van der Waals surface area (Å²) in [5.74, 6) is 0.797. The van der Waals surface area contributed by atoms with E-state index in [4.69, 9.17) is 28.9 Å². The molecule has 3 aromatic rings. The molecule has 0 atom stereocenters. The molecule has 102 valence electrons. The summed E-state index contributed by atoms with van der Waals surface area (Å²) in [5, 5.41) is 11.4. The molecule has 20 heavy (non-hydrogen) atoms. The molecular weight excluding hydrogens is 299 g/mol. The van der Waals surface area contributed by atoms with E-state index >= 15 is 0 Å². The normalized spacial score (nSPS) is 10.9. The zero-order chi connectivity index (χ0) is 14.1. The van der Waals surface area contributed by atoms with E-state index in [9.17, 15) is 0 Å². The molecule has 6 nitrogen and oxygen atoms in total. The Morgan fingerprint density at radius 3 is 2.85 bits per heavy atom. The number of hydrogen-bond acceptors (Lipinski definition) is 5. The fourth-order valence-electron chi connectivity index (χ4n) is 1.77. The van der Waals surface area contributed by atoms with Gasteiger partial charge in [-0.25, -0.2) is 0 Å². The smallest absolute Gasteiger partial charge is 0.226 e. The minimum Gasteiger partial charge on any atom is -0.383 e. The van der Waals surface area contributed by atoms with Crippen LogP contribution in [0.3, 0.4) is 0 Å². The lowest BCUT2D eigenvalue weighted by Crippen LogP contribution is -2.05. The van der Waals surface area contributed by atoms with Gasteiger partial charge in [-0.05, 0) is 17.7 Å². The van der Waals surface area contributed by atoms with Gasteiger partial charge < -0.3 is 11.1 Å². The van der Waals surface area contributed by atoms with Crippen LogP contribution < -0.4 is 11.1 Å². The number of nitrogens with one attached hydrogen (secondary N) is 2. The van der Waals surface area contributed by atoms with E-state index in [0.29, 0.717) is 39.4 Å². The number of anilines is 2. The van der Waals surface area contributed by atoms with Crippen LogP contribution in [0.4, 0.5) is 11.8 Å². The molecule has 0 saturated carbocycles. The Balaban J connectivity index is 1.80. The average Bonchev–Trinajstić information content (AvgIpc) is 2.89. The number of nitrogen functional groups attached to an aromatic ring is 1. The molecule has 0 aliphatic heterocycles. The maximum atomic E-state index is 5.96. The van der Waals surface area contributed by atoms with Gasteiger partial charge in [-0.1, -0.05) is 29.3 Å². The van der Waals surface area contributed by atoms with Gasteiger partial charge in [0.15, 0.2) is 5.65 Å². The lowest BCUT2D eigenvalue weighted by atomic mass is 10.2. The topological polar surface area (TPSA) is 92.5 Å². The van der Waals surface area contributed by atoms with Crippen LogP contribution in [0.15, 0.2) is 24.4 Å². The van der Waals surface area contributed by atoms with E-state index in [2.05, 4.69) is 25.5 Å². The van der Waals surface area contributed by atoms with Gasteiger partial charge in [-0.2, -0.15) is 15.1 Å². The van der Waals surface area contributed by atoms with Crippen molar-refractivity contribution in [2.45, 2.75) is 6.54 Å². The van der Waals surface area contributed by atoms with Crippen molar-refractivity contribution in [2.75, 3.05) is 11.1 Å². The Morgan fingerprint density at radius 2 is 2.05 bits per heavy atom. The van der Waals surface area contributed by atoms with Gasteiger partial charge in [0.1, 0.15) is 5.82 Å². The van der Waals surface area contributed by atoms with Crippen molar-refractivity contribution in [1.82, 2.24) is 20.2 Å². The number of halogens is 2. The van der Waals surface area contributed by atoms with Crippen molar-refractivity contribution < 1.29 is 0 Å². The maximum absolute atomic E-state index is 5.96. The van der Waals surface area contributed by atoms with Gasteiger partial charge in [-0.15, -0.1) is 0 Å². The van der Waals surface area contributed by atoms with Crippen molar-refractivity contribution >= 4 is 46.0 Å². The highest BCUT2D eigenvalue weighted by atomic mass is 35.5. The van der Waals surface area contributed by atoms with Crippen LogP contribution in [0.5, 0.6) is 0 Å². The number of nitrogens with two attached hydrogens (primary N) is 1. The van der Waals surface area contributed by atoms with E-state index in [1.165, 1.54) is 0 Å². The Morgan fingerprint density at radius 1 is 1.20 bits per heavy atom. The summed E-state index contributed by atoms with van der Waals surface area (Å²) >= 11 is 11.8. The molecule has 2 heterocycles. The number of aromatic amines is 1. The standard InChI is InChI=1S/C12H10Cl2N6/c13-8-2-1-6(3-9(8)14)4-16-12-18-10(15)7-5-17-20-11(7)19-12/h1-3,5H,4H2,(H4,15,16,17,18,19,20). The number of rotatable bonds is 3. The highest BCUT2D eigenvalue weighted by Crippen LogP contribution is 2.23. The second-order valence-corrected chi connectivity index (χ2v) is 4.98. The predicted octanol–water partition coefficient (Wildman–Crippen LogP) is 2.85. The number of fused-ring (bicyclic) bond motifs is 1. The fraction of sp³-hybridized carbons (Fsp3) is 0.0833. The number of nitrogens with zero attached hydrogens (tertiary/aromatic N) is 3. The third-order valence-corrected chi connectivity index (χ3v) is 3.51. The first-order valence-corrected chi connectivity index (χ1v) is 6.53. The summed E-state index contributed by atoms with van der Waals surface area (Å²) in [6, 6.07) is 5.41. The Kier molecular flexibility index (Phi) is 3.33. The Hall–Kier alpha value is -2.05. The summed E-state index contributed by atoms with van der Waals surface area (Å²) in [7, 11) is 0. The van der Waals surface area contributed by atoms with Crippen LogP contribution in [-0.2, 0) is 6.54 Å². The predicted molar refractivity (Wildman–Crippen MR) is 79.9 cm³/mol.